The molecule has 25 heteroatoms. The number of nitrogens with one attached hydrogen (secondary N) is 4. The molecule has 0 aliphatic carbocycles. The number of allylic oxidation sites excluding steroid dienone is 2. The van der Waals surface area contributed by atoms with E-state index in [9.17, 15) is 29.1 Å². The van der Waals surface area contributed by atoms with Gasteiger partial charge in [0.05, 0.1) is 6.10 Å². The maximum atomic E-state index is 15.4. The van der Waals surface area contributed by atoms with E-state index in [1.165, 1.54) is 104 Å². The van der Waals surface area contributed by atoms with Crippen LogP contribution < -0.4 is 21.3 Å². The predicted molar refractivity (Wildman–Crippen MR) is 372 cm³/mol. The first kappa shape index (κ1) is 86.2. The molecule has 0 unspecified atom stereocenters. The van der Waals surface area contributed by atoms with Crippen molar-refractivity contribution in [3.63, 3.8) is 0 Å². The molecule has 13 atom stereocenters. The number of carbonyl (C=O) groups excluding carboxylic acids is 11. The molecule has 0 aromatic heterocycles. The maximum Gasteiger partial charge on any atom is 0.246 e. The molecule has 11 amide bonds. The standard InChI is InChI=1S/C69H126N12O12S/c1-27-31-32-46(17)58(82)57-62(86)72-49(28-2)64(88)77(23)53(39-94-36-35-81(29-3)30-4)67(91)78(24)55(44(13)14)61(85)73-54(43(11)12)68(92)74(20)50(34-33-40(5)6)60(84)70-47(18)59(83)71-48(19)63(87)75(21)51(37-41(7)8)65(89)76(22)52(38-42(9)10)66(90)79(25)56(45(15)16)69(93)80(57)26/h27,31,40-58,82H,28-30,32-39H2,1-26H3,(H,70,84)(H,71,83)(H,72,86)(H,73,85)/b31-27+/t46-,47-,48+,49+,50-,51+,52+,53-,54-,55+,56+,57+,58-/m1/s1. The second kappa shape index (κ2) is 40.7. The lowest BCUT2D eigenvalue weighted by Crippen LogP contribution is -2.64. The summed E-state index contributed by atoms with van der Waals surface area (Å²) >= 11 is 1.44. The monoisotopic (exact) mass is 1350 g/mol. The van der Waals surface area contributed by atoms with E-state index in [4.69, 9.17) is 0 Å². The highest BCUT2D eigenvalue weighted by Crippen LogP contribution is 2.26. The molecule has 1 rings (SSSR count). The summed E-state index contributed by atoms with van der Waals surface area (Å²) in [5.74, 6) is -9.21. The Morgan fingerprint density at radius 3 is 1.39 bits per heavy atom. The fourth-order valence-corrected chi connectivity index (χ4v) is 13.2. The van der Waals surface area contributed by atoms with Crippen LogP contribution >= 0.6 is 11.8 Å². The molecule has 24 nitrogen and oxygen atoms in total. The zero-order chi connectivity index (χ0) is 72.7. The number of thioether (sulfide) groups is 1. The van der Waals surface area contributed by atoms with Gasteiger partial charge in [-0.15, -0.1) is 0 Å². The van der Waals surface area contributed by atoms with E-state index in [1.807, 2.05) is 68.4 Å². The molecule has 0 saturated carbocycles. The van der Waals surface area contributed by atoms with Gasteiger partial charge in [-0.05, 0) is 114 Å². The Morgan fingerprint density at radius 2 is 0.926 bits per heavy atom. The Morgan fingerprint density at radius 1 is 0.479 bits per heavy atom. The highest BCUT2D eigenvalue weighted by molar-refractivity contribution is 7.99. The first-order valence-electron chi connectivity index (χ1n) is 34.3. The Balaban J connectivity index is 4.54. The second-order valence-electron chi connectivity index (χ2n) is 28.3. The number of rotatable bonds is 22. The lowest BCUT2D eigenvalue weighted by Gasteiger charge is -2.41. The second-order valence-corrected chi connectivity index (χ2v) is 29.4. The Hall–Kier alpha value is -5.82. The van der Waals surface area contributed by atoms with Gasteiger partial charge in [0.2, 0.25) is 65.0 Å². The highest BCUT2D eigenvalue weighted by atomic mass is 32.2. The van der Waals surface area contributed by atoms with Crippen LogP contribution in [0.1, 0.15) is 170 Å². The van der Waals surface area contributed by atoms with Crippen LogP contribution in [0.2, 0.25) is 0 Å². The number of carbonyl (C=O) groups is 11. The van der Waals surface area contributed by atoms with Gasteiger partial charge in [-0.25, -0.2) is 0 Å². The summed E-state index contributed by atoms with van der Waals surface area (Å²) in [6, 6.07) is -13.7. The minimum Gasteiger partial charge on any atom is -0.390 e. The number of hydrogen-bond acceptors (Lipinski definition) is 14. The minimum absolute atomic E-state index is 0.00975. The number of aliphatic hydroxyl groups excluding tert-OH is 1. The SMILES string of the molecule is C/C=C/C[C@@H](C)[C@@H](O)[C@H]1C(=O)N[C@@H](CC)C(=O)N(C)[C@H](CSCCN(CC)CC)C(=O)N(C)[C@@H](C(C)C)C(=O)N[C@H](C(C)C)C(=O)N(C)[C@H](CCC(C)C)C(=O)N[C@H](C)C(=O)N[C@@H](C)C(=O)N(C)[C@@H](CC(C)C)C(=O)N(C)[C@@H](CC(C)C)C(=O)N(C)[C@@H](C(C)C)C(=O)N1C. The third-order valence-electron chi connectivity index (χ3n) is 18.3. The van der Waals surface area contributed by atoms with Crippen molar-refractivity contribution in [2.75, 3.05) is 80.5 Å². The topological polar surface area (TPSA) is 282 Å². The van der Waals surface area contributed by atoms with Gasteiger partial charge in [0.15, 0.2) is 0 Å². The Kier molecular flexibility index (Phi) is 37.3. The van der Waals surface area contributed by atoms with Gasteiger partial charge in [-0.2, -0.15) is 11.8 Å². The van der Waals surface area contributed by atoms with Crippen molar-refractivity contribution in [1.29, 1.82) is 0 Å². The van der Waals surface area contributed by atoms with E-state index in [0.29, 0.717) is 25.1 Å². The van der Waals surface area contributed by atoms with Crippen molar-refractivity contribution in [3.8, 4) is 0 Å². The normalized spacial score (nSPS) is 26.3. The average molecular weight is 1350 g/mol. The van der Waals surface area contributed by atoms with Gasteiger partial charge < -0.3 is 65.6 Å². The molecule has 1 heterocycles. The molecule has 0 bridgehead atoms. The van der Waals surface area contributed by atoms with Crippen molar-refractivity contribution in [1.82, 2.24) is 60.5 Å². The van der Waals surface area contributed by atoms with E-state index in [0.717, 1.165) is 18.0 Å². The first-order chi connectivity index (χ1) is 43.6. The van der Waals surface area contributed by atoms with E-state index in [2.05, 4.69) is 26.2 Å². The van der Waals surface area contributed by atoms with E-state index >= 15 is 28.8 Å². The van der Waals surface area contributed by atoms with Crippen molar-refractivity contribution < 1.29 is 57.8 Å². The van der Waals surface area contributed by atoms with Crippen molar-refractivity contribution in [2.24, 2.45) is 41.4 Å². The summed E-state index contributed by atoms with van der Waals surface area (Å²) in [4.78, 5) is 175. The number of nitrogens with zero attached hydrogens (tertiary/aromatic N) is 8. The molecule has 0 radical (unpaired) electrons. The highest BCUT2D eigenvalue weighted by Gasteiger charge is 2.46. The number of amides is 11. The molecule has 0 aromatic carbocycles. The first-order valence-corrected chi connectivity index (χ1v) is 35.5. The van der Waals surface area contributed by atoms with Crippen LogP contribution in [0.3, 0.4) is 0 Å². The molecule has 540 valence electrons. The van der Waals surface area contributed by atoms with Crippen molar-refractivity contribution in [2.45, 2.75) is 243 Å². The van der Waals surface area contributed by atoms with Crippen LogP contribution in [0.4, 0.5) is 0 Å². The largest absolute Gasteiger partial charge is 0.390 e. The van der Waals surface area contributed by atoms with Gasteiger partial charge in [-0.3, -0.25) is 52.7 Å². The van der Waals surface area contributed by atoms with Gasteiger partial charge in [0, 0.05) is 67.4 Å². The third kappa shape index (κ3) is 24.4. The number of likely N-dealkylation sites (N-methyl/N-ethyl adjacent to an activating group) is 7. The molecule has 94 heavy (non-hydrogen) atoms. The Bertz CT molecular complexity index is 2530. The number of hydrogen-bond donors (Lipinski definition) is 5. The summed E-state index contributed by atoms with van der Waals surface area (Å²) in [6.07, 6.45) is 3.38. The smallest absolute Gasteiger partial charge is 0.246 e. The zero-order valence-corrected chi connectivity index (χ0v) is 63.1. The molecule has 1 aliphatic rings. The summed E-state index contributed by atoms with van der Waals surface area (Å²) in [5.41, 5.74) is 0. The van der Waals surface area contributed by atoms with Crippen molar-refractivity contribution >= 4 is 76.7 Å². The minimum atomic E-state index is -1.63. The average Bonchev–Trinajstić information content (AvgIpc) is 0.812. The lowest BCUT2D eigenvalue weighted by atomic mass is 9.91. The molecule has 5 N–H and O–H groups in total. The molecular formula is C69H126N12O12S. The molecule has 1 saturated heterocycles. The summed E-state index contributed by atoms with van der Waals surface area (Å²) in [7, 11) is 10.1. The zero-order valence-electron chi connectivity index (χ0n) is 62.3. The van der Waals surface area contributed by atoms with Crippen LogP contribution in [0.5, 0.6) is 0 Å². The van der Waals surface area contributed by atoms with Crippen LogP contribution in [-0.2, 0) is 52.7 Å². The number of aliphatic hydroxyl groups is 1. The van der Waals surface area contributed by atoms with Crippen LogP contribution in [-0.4, -0.2) is 262 Å². The van der Waals surface area contributed by atoms with Gasteiger partial charge in [0.25, 0.3) is 0 Å². The summed E-state index contributed by atoms with van der Waals surface area (Å²) < 4.78 is 0. The van der Waals surface area contributed by atoms with E-state index < -0.39 is 161 Å². The lowest BCUT2D eigenvalue weighted by molar-refractivity contribution is -0.157. The molecule has 0 aromatic rings. The fourth-order valence-electron chi connectivity index (χ4n) is 12.0. The molecule has 1 fully saturated rings. The maximum absolute atomic E-state index is 15.4. The van der Waals surface area contributed by atoms with Crippen LogP contribution in [0, 0.1) is 41.4 Å². The molecule has 1 aliphatic heterocycles. The fraction of sp³-hybridized carbons (Fsp3) is 0.812. The van der Waals surface area contributed by atoms with Gasteiger partial charge in [0.1, 0.15) is 66.5 Å². The third-order valence-corrected chi connectivity index (χ3v) is 19.3. The van der Waals surface area contributed by atoms with Gasteiger partial charge in [-0.1, -0.05) is 123 Å². The van der Waals surface area contributed by atoms with Crippen molar-refractivity contribution in [3.05, 3.63) is 12.2 Å². The summed E-state index contributed by atoms with van der Waals surface area (Å²) in [6.45, 7) is 36.4. The molecule has 0 spiro atoms. The van der Waals surface area contributed by atoms with E-state index in [-0.39, 0.29) is 49.2 Å². The molecular weight excluding hydrogens is 1220 g/mol. The van der Waals surface area contributed by atoms with Crippen LogP contribution in [0.25, 0.3) is 0 Å². The van der Waals surface area contributed by atoms with E-state index in [1.54, 1.807) is 61.5 Å². The Labute approximate surface area is 569 Å². The predicted octanol–water partition coefficient (Wildman–Crippen LogP) is 4.71. The van der Waals surface area contributed by atoms with Crippen LogP contribution in [0.15, 0.2) is 12.2 Å². The van der Waals surface area contributed by atoms with Gasteiger partial charge >= 0.3 is 0 Å². The quantitative estimate of drug-likeness (QED) is 0.0726. The summed E-state index contributed by atoms with van der Waals surface area (Å²) in [5, 5.41) is 23.5.